The molecular weight excluding hydrogens is 202 g/mol. The summed E-state index contributed by atoms with van der Waals surface area (Å²) < 4.78 is 1.06. The van der Waals surface area contributed by atoms with E-state index in [1.807, 2.05) is 6.20 Å². The molecule has 0 aliphatic heterocycles. The SMILES string of the molecule is Brc1cnc2c(c1)=CCCC=2. The van der Waals surface area contributed by atoms with E-state index in [4.69, 9.17) is 0 Å². The van der Waals surface area contributed by atoms with E-state index in [0.29, 0.717) is 0 Å². The quantitative estimate of drug-likeness (QED) is 0.626. The van der Waals surface area contributed by atoms with Crippen molar-refractivity contribution in [2.75, 3.05) is 0 Å². The van der Waals surface area contributed by atoms with Crippen molar-refractivity contribution in [2.45, 2.75) is 12.8 Å². The summed E-state index contributed by atoms with van der Waals surface area (Å²) in [5, 5.41) is 2.38. The predicted octanol–water partition coefficient (Wildman–Crippen LogP) is 1.20. The lowest BCUT2D eigenvalue weighted by Gasteiger charge is -1.98. The Kier molecular flexibility index (Phi) is 1.78. The lowest BCUT2D eigenvalue weighted by Crippen LogP contribution is -2.29. The molecule has 2 heteroatoms. The second-order valence-corrected chi connectivity index (χ2v) is 3.53. The van der Waals surface area contributed by atoms with Crippen molar-refractivity contribution in [2.24, 2.45) is 0 Å². The highest BCUT2D eigenvalue weighted by molar-refractivity contribution is 9.10. The summed E-state index contributed by atoms with van der Waals surface area (Å²) in [7, 11) is 0. The summed E-state index contributed by atoms with van der Waals surface area (Å²) in [5.41, 5.74) is 0. The zero-order valence-corrected chi connectivity index (χ0v) is 7.63. The Balaban J connectivity index is 2.80. The number of pyridine rings is 1. The minimum atomic E-state index is 1.06. The molecular formula is C9H8BrN. The van der Waals surface area contributed by atoms with Gasteiger partial charge in [-0.1, -0.05) is 12.2 Å². The minimum Gasteiger partial charge on any atom is -0.255 e. The topological polar surface area (TPSA) is 12.9 Å². The van der Waals surface area contributed by atoms with E-state index in [1.54, 1.807) is 0 Å². The average Bonchev–Trinajstić information content (AvgIpc) is 2.04. The number of hydrogen-bond acceptors (Lipinski definition) is 1. The van der Waals surface area contributed by atoms with Gasteiger partial charge in [0.2, 0.25) is 0 Å². The lowest BCUT2D eigenvalue weighted by atomic mass is 10.1. The number of hydrogen-bond donors (Lipinski definition) is 0. The Morgan fingerprint density at radius 3 is 3.00 bits per heavy atom. The van der Waals surface area contributed by atoms with E-state index in [2.05, 4.69) is 39.1 Å². The van der Waals surface area contributed by atoms with E-state index in [0.717, 1.165) is 22.7 Å². The fourth-order valence-corrected chi connectivity index (χ4v) is 1.61. The molecule has 0 amide bonds. The first kappa shape index (κ1) is 7.04. The maximum atomic E-state index is 4.29. The van der Waals surface area contributed by atoms with E-state index >= 15 is 0 Å². The van der Waals surface area contributed by atoms with Crippen molar-refractivity contribution in [3.63, 3.8) is 0 Å². The van der Waals surface area contributed by atoms with Crippen LogP contribution in [0, 0.1) is 0 Å². The van der Waals surface area contributed by atoms with Gasteiger partial charge in [-0.05, 0) is 40.1 Å². The number of halogens is 1. The van der Waals surface area contributed by atoms with Crippen LogP contribution in [-0.4, -0.2) is 4.98 Å². The van der Waals surface area contributed by atoms with Crippen LogP contribution >= 0.6 is 15.9 Å². The molecule has 1 nitrogen and oxygen atoms in total. The van der Waals surface area contributed by atoms with Crippen LogP contribution in [0.4, 0.5) is 0 Å². The fraction of sp³-hybridized carbons (Fsp3) is 0.222. The van der Waals surface area contributed by atoms with Crippen molar-refractivity contribution < 1.29 is 0 Å². The average molecular weight is 210 g/mol. The van der Waals surface area contributed by atoms with Crippen molar-refractivity contribution in [3.8, 4) is 0 Å². The largest absolute Gasteiger partial charge is 0.255 e. The van der Waals surface area contributed by atoms with Crippen molar-refractivity contribution in [1.82, 2.24) is 4.98 Å². The molecule has 1 heterocycles. The zero-order valence-electron chi connectivity index (χ0n) is 6.05. The molecule has 0 aromatic carbocycles. The van der Waals surface area contributed by atoms with Gasteiger partial charge >= 0.3 is 0 Å². The number of rotatable bonds is 0. The van der Waals surface area contributed by atoms with Gasteiger partial charge in [0.1, 0.15) is 0 Å². The van der Waals surface area contributed by atoms with Crippen LogP contribution in [-0.2, 0) is 0 Å². The first-order chi connectivity index (χ1) is 5.36. The highest BCUT2D eigenvalue weighted by Gasteiger charge is 1.93. The molecule has 1 aromatic rings. The maximum absolute atomic E-state index is 4.29. The molecule has 56 valence electrons. The molecule has 0 atom stereocenters. The van der Waals surface area contributed by atoms with Gasteiger partial charge in [0, 0.05) is 10.7 Å². The van der Waals surface area contributed by atoms with Gasteiger partial charge in [-0.2, -0.15) is 0 Å². The Morgan fingerprint density at radius 1 is 1.27 bits per heavy atom. The van der Waals surface area contributed by atoms with Gasteiger partial charge in [-0.25, -0.2) is 0 Å². The van der Waals surface area contributed by atoms with Crippen LogP contribution in [0.3, 0.4) is 0 Å². The predicted molar refractivity (Wildman–Crippen MR) is 49.4 cm³/mol. The van der Waals surface area contributed by atoms with Gasteiger partial charge in [0.25, 0.3) is 0 Å². The molecule has 2 rings (SSSR count). The summed E-state index contributed by atoms with van der Waals surface area (Å²) >= 11 is 3.39. The summed E-state index contributed by atoms with van der Waals surface area (Å²) in [5.74, 6) is 0. The van der Waals surface area contributed by atoms with Crippen LogP contribution in [0.1, 0.15) is 12.8 Å². The van der Waals surface area contributed by atoms with Crippen LogP contribution in [0.2, 0.25) is 0 Å². The van der Waals surface area contributed by atoms with Crippen LogP contribution in [0.15, 0.2) is 16.7 Å². The Hall–Kier alpha value is -0.630. The molecule has 0 radical (unpaired) electrons. The lowest BCUT2D eigenvalue weighted by molar-refractivity contribution is 1.07. The summed E-state index contributed by atoms with van der Waals surface area (Å²) in [4.78, 5) is 4.29. The van der Waals surface area contributed by atoms with Gasteiger partial charge in [0.05, 0.1) is 5.35 Å². The molecule has 0 saturated heterocycles. The van der Waals surface area contributed by atoms with Crippen LogP contribution in [0.5, 0.6) is 0 Å². The molecule has 0 unspecified atom stereocenters. The van der Waals surface area contributed by atoms with E-state index < -0.39 is 0 Å². The molecule has 0 spiro atoms. The third kappa shape index (κ3) is 1.36. The van der Waals surface area contributed by atoms with Gasteiger partial charge < -0.3 is 0 Å². The van der Waals surface area contributed by atoms with Gasteiger partial charge in [-0.3, -0.25) is 4.98 Å². The summed E-state index contributed by atoms with van der Waals surface area (Å²) in [6.07, 6.45) is 8.52. The van der Waals surface area contributed by atoms with Gasteiger partial charge in [0.15, 0.2) is 0 Å². The third-order valence-electron chi connectivity index (χ3n) is 1.78. The number of fused-ring (bicyclic) bond motifs is 1. The molecule has 1 aliphatic rings. The second kappa shape index (κ2) is 2.78. The molecule has 0 N–H and O–H groups in total. The maximum Gasteiger partial charge on any atom is 0.0659 e. The Labute approximate surface area is 73.6 Å². The summed E-state index contributed by atoms with van der Waals surface area (Å²) in [6, 6.07) is 2.11. The van der Waals surface area contributed by atoms with E-state index in [1.165, 1.54) is 5.22 Å². The monoisotopic (exact) mass is 209 g/mol. The van der Waals surface area contributed by atoms with Crippen LogP contribution in [0.25, 0.3) is 12.2 Å². The van der Waals surface area contributed by atoms with Gasteiger partial charge in [-0.15, -0.1) is 0 Å². The van der Waals surface area contributed by atoms with Crippen molar-refractivity contribution in [1.29, 1.82) is 0 Å². The molecule has 11 heavy (non-hydrogen) atoms. The van der Waals surface area contributed by atoms with Crippen LogP contribution < -0.4 is 10.6 Å². The third-order valence-corrected chi connectivity index (χ3v) is 2.22. The smallest absolute Gasteiger partial charge is 0.0659 e. The zero-order chi connectivity index (χ0) is 7.68. The minimum absolute atomic E-state index is 1.06. The Morgan fingerprint density at radius 2 is 2.09 bits per heavy atom. The molecule has 0 fully saturated rings. The summed E-state index contributed by atoms with van der Waals surface area (Å²) in [6.45, 7) is 0. The number of nitrogens with zero attached hydrogens (tertiary/aromatic N) is 1. The molecule has 1 aromatic heterocycles. The van der Waals surface area contributed by atoms with E-state index in [9.17, 15) is 0 Å². The Bertz CT molecular complexity index is 381. The highest BCUT2D eigenvalue weighted by atomic mass is 79.9. The second-order valence-electron chi connectivity index (χ2n) is 2.61. The van der Waals surface area contributed by atoms with E-state index in [-0.39, 0.29) is 0 Å². The normalized spacial score (nSPS) is 14.6. The molecule has 0 bridgehead atoms. The highest BCUT2D eigenvalue weighted by Crippen LogP contribution is 2.02. The number of aromatic nitrogens is 1. The fourth-order valence-electron chi connectivity index (χ4n) is 1.26. The van der Waals surface area contributed by atoms with Crippen molar-refractivity contribution >= 4 is 28.1 Å². The first-order valence-corrected chi connectivity index (χ1v) is 4.47. The standard InChI is InChI=1S/C9H8BrN/c10-8-5-7-3-1-2-4-9(7)11-6-8/h3-6H,1-2H2. The molecule has 0 saturated carbocycles. The molecule has 1 aliphatic carbocycles. The van der Waals surface area contributed by atoms with Crippen molar-refractivity contribution in [3.05, 3.63) is 27.3 Å². The first-order valence-electron chi connectivity index (χ1n) is 3.68.